The molecule has 0 spiro atoms. The molecule has 0 aliphatic heterocycles. The number of carbonyl (C=O) groups is 2. The number of aromatic nitrogens is 1. The average Bonchev–Trinajstić information content (AvgIpc) is 3.40. The Morgan fingerprint density at radius 3 is 2.45 bits per heavy atom. The van der Waals surface area contributed by atoms with Crippen molar-refractivity contribution in [3.05, 3.63) is 102 Å². The first-order chi connectivity index (χ1) is 18.2. The van der Waals surface area contributed by atoms with E-state index in [1.54, 1.807) is 6.92 Å². The van der Waals surface area contributed by atoms with Crippen molar-refractivity contribution in [2.24, 2.45) is 0 Å². The number of nitrogens with one attached hydrogen (secondary N) is 2. The fourth-order valence-electron chi connectivity index (χ4n) is 3.36. The van der Waals surface area contributed by atoms with Crippen molar-refractivity contribution >= 4 is 51.0 Å². The molecule has 38 heavy (non-hydrogen) atoms. The summed E-state index contributed by atoms with van der Waals surface area (Å²) in [6.45, 7) is 1.83. The van der Waals surface area contributed by atoms with Gasteiger partial charge < -0.3 is 14.5 Å². The van der Waals surface area contributed by atoms with Gasteiger partial charge in [0.15, 0.2) is 5.76 Å². The molecule has 4 rings (SSSR count). The van der Waals surface area contributed by atoms with Crippen LogP contribution in [0.25, 0.3) is 17.4 Å². The lowest BCUT2D eigenvalue weighted by molar-refractivity contribution is -0.137. The van der Waals surface area contributed by atoms with E-state index in [0.717, 1.165) is 11.6 Å². The predicted molar refractivity (Wildman–Crippen MR) is 144 cm³/mol. The number of rotatable bonds is 9. The van der Waals surface area contributed by atoms with Gasteiger partial charge in [-0.05, 0) is 55.0 Å². The molecule has 11 heteroatoms. The Morgan fingerprint density at radius 1 is 1.03 bits per heavy atom. The first-order valence-corrected chi connectivity index (χ1v) is 13.2. The third-order valence-electron chi connectivity index (χ3n) is 5.10. The molecule has 3 aromatic carbocycles. The summed E-state index contributed by atoms with van der Waals surface area (Å²) < 4.78 is 39.5. The molecule has 194 valence electrons. The maximum absolute atomic E-state index is 13.3. The van der Waals surface area contributed by atoms with Gasteiger partial charge in [-0.15, -0.1) is 0 Å². The quantitative estimate of drug-likeness (QED) is 0.204. The molecular weight excluding hydrogens is 530 g/mol. The van der Waals surface area contributed by atoms with Gasteiger partial charge in [-0.3, -0.25) is 9.52 Å². The highest BCUT2D eigenvalue weighted by Crippen LogP contribution is 2.26. The van der Waals surface area contributed by atoms with Gasteiger partial charge in [0.1, 0.15) is 0 Å². The van der Waals surface area contributed by atoms with Crippen LogP contribution in [0.3, 0.4) is 0 Å². The molecule has 4 aromatic rings. The smallest absolute Gasteiger partial charge is 0.330 e. The van der Waals surface area contributed by atoms with Crippen LogP contribution in [0, 0.1) is 0 Å². The van der Waals surface area contributed by atoms with E-state index in [-0.39, 0.29) is 34.3 Å². The summed E-state index contributed by atoms with van der Waals surface area (Å²) in [5.74, 6) is -1.09. The molecule has 1 aromatic heterocycles. The van der Waals surface area contributed by atoms with Crippen molar-refractivity contribution in [1.29, 1.82) is 0 Å². The lowest BCUT2D eigenvalue weighted by Gasteiger charge is -2.13. The van der Waals surface area contributed by atoms with Gasteiger partial charge in [0, 0.05) is 28.0 Å². The number of amides is 1. The first-order valence-electron chi connectivity index (χ1n) is 11.3. The Kier molecular flexibility index (Phi) is 8.25. The van der Waals surface area contributed by atoms with E-state index in [1.165, 1.54) is 54.7 Å². The van der Waals surface area contributed by atoms with Crippen LogP contribution in [0.15, 0.2) is 94.4 Å². The summed E-state index contributed by atoms with van der Waals surface area (Å²) in [4.78, 5) is 28.4. The third-order valence-corrected chi connectivity index (χ3v) is 6.79. The molecule has 0 bridgehead atoms. The number of ether oxygens (including phenoxy) is 1. The normalized spacial score (nSPS) is 11.3. The summed E-state index contributed by atoms with van der Waals surface area (Å²) in [7, 11) is -4.16. The van der Waals surface area contributed by atoms with Gasteiger partial charge in [-0.25, -0.2) is 18.2 Å². The summed E-state index contributed by atoms with van der Waals surface area (Å²) in [5.41, 5.74) is 1.38. The van der Waals surface area contributed by atoms with Crippen LogP contribution in [0.2, 0.25) is 5.02 Å². The molecule has 9 nitrogen and oxygen atoms in total. The second-order valence-electron chi connectivity index (χ2n) is 7.80. The second kappa shape index (κ2) is 11.8. The van der Waals surface area contributed by atoms with Crippen LogP contribution < -0.4 is 10.0 Å². The van der Waals surface area contributed by atoms with E-state index >= 15 is 0 Å². The number of benzene rings is 3. The lowest BCUT2D eigenvalue weighted by atomic mass is 10.2. The highest BCUT2D eigenvalue weighted by molar-refractivity contribution is 7.92. The van der Waals surface area contributed by atoms with E-state index in [1.807, 2.05) is 30.3 Å². The molecule has 0 saturated carbocycles. The number of hydrogen-bond donors (Lipinski definition) is 2. The summed E-state index contributed by atoms with van der Waals surface area (Å²) in [5, 5.41) is 3.04. The van der Waals surface area contributed by atoms with E-state index < -0.39 is 21.9 Å². The highest BCUT2D eigenvalue weighted by atomic mass is 35.5. The number of sulfonamides is 1. The molecule has 0 aliphatic rings. The maximum atomic E-state index is 13.3. The average molecular weight is 552 g/mol. The number of hydrogen-bond acceptors (Lipinski definition) is 7. The van der Waals surface area contributed by atoms with Crippen molar-refractivity contribution in [2.45, 2.75) is 11.8 Å². The van der Waals surface area contributed by atoms with Crippen LogP contribution in [-0.4, -0.2) is 31.9 Å². The number of oxazole rings is 1. The number of nitrogens with zero attached hydrogens (tertiary/aromatic N) is 1. The Labute approximate surface area is 224 Å². The molecule has 0 atom stereocenters. The van der Waals surface area contributed by atoms with Crippen molar-refractivity contribution in [3.63, 3.8) is 0 Å². The zero-order valence-electron chi connectivity index (χ0n) is 20.1. The zero-order chi connectivity index (χ0) is 27.1. The van der Waals surface area contributed by atoms with Crippen LogP contribution in [-0.2, 0) is 19.6 Å². The predicted octanol–water partition coefficient (Wildman–Crippen LogP) is 5.62. The minimum atomic E-state index is -4.16. The molecule has 1 heterocycles. The van der Waals surface area contributed by atoms with Crippen LogP contribution >= 0.6 is 11.6 Å². The van der Waals surface area contributed by atoms with E-state index in [9.17, 15) is 18.0 Å². The van der Waals surface area contributed by atoms with Crippen LogP contribution in [0.5, 0.6) is 0 Å². The summed E-state index contributed by atoms with van der Waals surface area (Å²) in [6.07, 6.45) is 3.87. The van der Waals surface area contributed by atoms with Gasteiger partial charge in [-0.2, -0.15) is 0 Å². The molecule has 0 saturated heterocycles. The fraction of sp³-hybridized carbons (Fsp3) is 0.0741. The molecule has 0 radical (unpaired) electrons. The Morgan fingerprint density at radius 2 is 1.74 bits per heavy atom. The molecular formula is C27H22ClN3O6S. The monoisotopic (exact) mass is 551 g/mol. The second-order valence-corrected chi connectivity index (χ2v) is 9.89. The Bertz CT molecular complexity index is 1580. The third kappa shape index (κ3) is 6.67. The Balaban J connectivity index is 1.63. The van der Waals surface area contributed by atoms with E-state index in [2.05, 4.69) is 15.0 Å². The lowest BCUT2D eigenvalue weighted by Crippen LogP contribution is -2.16. The highest BCUT2D eigenvalue weighted by Gasteiger charge is 2.21. The largest absolute Gasteiger partial charge is 0.463 e. The van der Waals surface area contributed by atoms with Crippen molar-refractivity contribution in [1.82, 2.24) is 4.98 Å². The SMILES string of the molecule is CCOC(=O)/C=C/c1ccc(NC(=O)c2ncc(-c3ccccc3)o2)cc1S(=O)(=O)Nc1ccc(Cl)cc1. The van der Waals surface area contributed by atoms with E-state index in [0.29, 0.717) is 10.8 Å². The standard InChI is InChI=1S/C27H22ClN3O6S/c1-2-36-25(32)15-9-19-8-12-22(16-24(19)38(34,35)31-21-13-10-20(28)11-14-21)30-26(33)27-29-17-23(37-27)18-6-4-3-5-7-18/h3-17,31H,2H2,1H3,(H,30,33)/b15-9+. The molecule has 0 fully saturated rings. The first kappa shape index (κ1) is 26.6. The van der Waals surface area contributed by atoms with Gasteiger partial charge >= 0.3 is 11.9 Å². The summed E-state index contributed by atoms with van der Waals surface area (Å²) >= 11 is 5.89. The topological polar surface area (TPSA) is 128 Å². The van der Waals surface area contributed by atoms with Crippen LogP contribution in [0.1, 0.15) is 23.2 Å². The Hall–Kier alpha value is -4.41. The van der Waals surface area contributed by atoms with Crippen molar-refractivity contribution < 1.29 is 27.2 Å². The van der Waals surface area contributed by atoms with Crippen molar-refractivity contribution in [3.8, 4) is 11.3 Å². The molecule has 2 N–H and O–H groups in total. The fourth-order valence-corrected chi connectivity index (χ4v) is 4.77. The number of anilines is 2. The minimum Gasteiger partial charge on any atom is -0.463 e. The van der Waals surface area contributed by atoms with Gasteiger partial charge in [0.2, 0.25) is 0 Å². The van der Waals surface area contributed by atoms with Crippen molar-refractivity contribution in [2.75, 3.05) is 16.6 Å². The van der Waals surface area contributed by atoms with E-state index in [4.69, 9.17) is 20.8 Å². The van der Waals surface area contributed by atoms with Crippen LogP contribution in [0.4, 0.5) is 11.4 Å². The maximum Gasteiger partial charge on any atom is 0.330 e. The minimum absolute atomic E-state index is 0.166. The number of halogens is 1. The van der Waals surface area contributed by atoms with Gasteiger partial charge in [-0.1, -0.05) is 48.0 Å². The van der Waals surface area contributed by atoms with Gasteiger partial charge in [0.25, 0.3) is 15.9 Å². The van der Waals surface area contributed by atoms with Gasteiger partial charge in [0.05, 0.1) is 17.7 Å². The summed E-state index contributed by atoms with van der Waals surface area (Å²) in [6, 6.07) is 19.4. The molecule has 0 unspecified atom stereocenters. The zero-order valence-corrected chi connectivity index (χ0v) is 21.6. The molecule has 0 aliphatic carbocycles. The number of carbonyl (C=O) groups excluding carboxylic acids is 2. The molecule has 1 amide bonds. The number of esters is 1.